The molecule has 1 aromatic carbocycles. The highest BCUT2D eigenvalue weighted by Crippen LogP contribution is 2.32. The smallest absolute Gasteiger partial charge is 0.252 e. The van der Waals surface area contributed by atoms with Gasteiger partial charge in [-0.05, 0) is 65.2 Å². The summed E-state index contributed by atoms with van der Waals surface area (Å²) in [6, 6.07) is 5.78. The molecule has 19 heavy (non-hydrogen) atoms. The number of hydrogen-bond donors (Lipinski definition) is 1. The van der Waals surface area contributed by atoms with Crippen LogP contribution in [0.15, 0.2) is 22.7 Å². The summed E-state index contributed by atoms with van der Waals surface area (Å²) >= 11 is 9.40. The number of alkyl halides is 1. The van der Waals surface area contributed by atoms with Gasteiger partial charge in [-0.3, -0.25) is 4.79 Å². The molecule has 4 heteroatoms. The molecule has 1 fully saturated rings. The first-order valence-corrected chi connectivity index (χ1v) is 8.05. The number of carbonyl (C=O) groups is 1. The Hall–Kier alpha value is -0.540. The average molecular weight is 345 g/mol. The summed E-state index contributed by atoms with van der Waals surface area (Å²) in [5.74, 6) is 1.79. The minimum absolute atomic E-state index is 0.00732. The Morgan fingerprint density at radius 2 is 2.16 bits per heavy atom. The Morgan fingerprint density at radius 1 is 1.42 bits per heavy atom. The second-order valence-electron chi connectivity index (χ2n) is 5.30. The van der Waals surface area contributed by atoms with Crippen LogP contribution in [0.4, 0.5) is 0 Å². The number of benzene rings is 1. The fraction of sp³-hybridized carbons (Fsp3) is 0.533. The second kappa shape index (κ2) is 6.76. The first-order chi connectivity index (χ1) is 9.11. The molecule has 0 heterocycles. The number of aryl methyl sites for hydroxylation is 1. The minimum atomic E-state index is -0.00732. The lowest BCUT2D eigenvalue weighted by molar-refractivity contribution is 0.0944. The van der Waals surface area contributed by atoms with Gasteiger partial charge in [-0.1, -0.05) is 12.5 Å². The first kappa shape index (κ1) is 14.9. The summed E-state index contributed by atoms with van der Waals surface area (Å²) in [6.45, 7) is 2.74. The molecule has 0 radical (unpaired) electrons. The van der Waals surface area contributed by atoms with Crippen LogP contribution in [0.25, 0.3) is 0 Å². The largest absolute Gasteiger partial charge is 0.352 e. The second-order valence-corrected chi connectivity index (χ2v) is 6.46. The van der Waals surface area contributed by atoms with E-state index in [-0.39, 0.29) is 5.91 Å². The Labute approximate surface area is 128 Å². The molecule has 2 atom stereocenters. The van der Waals surface area contributed by atoms with Crippen molar-refractivity contribution < 1.29 is 4.79 Å². The van der Waals surface area contributed by atoms with Crippen molar-refractivity contribution in [2.24, 2.45) is 11.8 Å². The predicted octanol–water partition coefficient (Wildman–Crippen LogP) is 4.14. The van der Waals surface area contributed by atoms with E-state index in [0.29, 0.717) is 23.3 Å². The lowest BCUT2D eigenvalue weighted by Gasteiger charge is -2.18. The van der Waals surface area contributed by atoms with Crippen LogP contribution >= 0.6 is 27.5 Å². The van der Waals surface area contributed by atoms with Gasteiger partial charge in [0.2, 0.25) is 0 Å². The van der Waals surface area contributed by atoms with Gasteiger partial charge in [0.25, 0.3) is 5.91 Å². The Morgan fingerprint density at radius 3 is 2.84 bits per heavy atom. The molecule has 1 aliphatic rings. The number of hydrogen-bond acceptors (Lipinski definition) is 1. The van der Waals surface area contributed by atoms with Gasteiger partial charge in [0.15, 0.2) is 0 Å². The molecule has 104 valence electrons. The van der Waals surface area contributed by atoms with Gasteiger partial charge in [-0.25, -0.2) is 0 Å². The van der Waals surface area contributed by atoms with E-state index in [9.17, 15) is 4.79 Å². The summed E-state index contributed by atoms with van der Waals surface area (Å²) in [7, 11) is 0. The van der Waals surface area contributed by atoms with Crippen molar-refractivity contribution in [1.29, 1.82) is 0 Å². The van der Waals surface area contributed by atoms with Crippen molar-refractivity contribution in [3.05, 3.63) is 33.8 Å². The van der Waals surface area contributed by atoms with Crippen molar-refractivity contribution in [2.45, 2.75) is 26.2 Å². The van der Waals surface area contributed by atoms with Crippen molar-refractivity contribution in [1.82, 2.24) is 5.32 Å². The normalized spacial score (nSPS) is 22.5. The number of carbonyl (C=O) groups excluding carboxylic acids is 1. The molecule has 1 amide bonds. The van der Waals surface area contributed by atoms with E-state index < -0.39 is 0 Å². The van der Waals surface area contributed by atoms with E-state index in [1.807, 2.05) is 25.1 Å². The lowest BCUT2D eigenvalue weighted by atomic mass is 9.98. The topological polar surface area (TPSA) is 29.1 Å². The van der Waals surface area contributed by atoms with Crippen LogP contribution in [0.1, 0.15) is 35.2 Å². The molecular formula is C15H19BrClNO. The summed E-state index contributed by atoms with van der Waals surface area (Å²) in [6.07, 6.45) is 3.59. The summed E-state index contributed by atoms with van der Waals surface area (Å²) in [4.78, 5) is 12.2. The van der Waals surface area contributed by atoms with Gasteiger partial charge in [-0.2, -0.15) is 0 Å². The van der Waals surface area contributed by atoms with Crippen LogP contribution in [0.5, 0.6) is 0 Å². The van der Waals surface area contributed by atoms with E-state index >= 15 is 0 Å². The van der Waals surface area contributed by atoms with E-state index in [1.165, 1.54) is 19.3 Å². The number of halogens is 2. The van der Waals surface area contributed by atoms with Gasteiger partial charge in [0.1, 0.15) is 0 Å². The summed E-state index contributed by atoms with van der Waals surface area (Å²) in [5.41, 5.74) is 1.84. The van der Waals surface area contributed by atoms with Crippen LogP contribution in [-0.4, -0.2) is 18.3 Å². The molecule has 2 nitrogen and oxygen atoms in total. The maximum atomic E-state index is 12.2. The maximum Gasteiger partial charge on any atom is 0.252 e. The van der Waals surface area contributed by atoms with Crippen LogP contribution < -0.4 is 5.32 Å². The quantitative estimate of drug-likeness (QED) is 0.817. The standard InChI is InChI=1S/C15H19BrClNO/c1-10-5-6-13(14(16)7-10)15(19)18-9-12-4-2-3-11(12)8-17/h5-7,11-12H,2-4,8-9H2,1H3,(H,18,19). The van der Waals surface area contributed by atoms with Crippen molar-refractivity contribution >= 4 is 33.4 Å². The van der Waals surface area contributed by atoms with E-state index in [1.54, 1.807) is 0 Å². The molecule has 0 aliphatic heterocycles. The molecule has 1 N–H and O–H groups in total. The van der Waals surface area contributed by atoms with Crippen molar-refractivity contribution in [3.8, 4) is 0 Å². The molecule has 0 bridgehead atoms. The fourth-order valence-electron chi connectivity index (χ4n) is 2.71. The molecule has 1 aliphatic carbocycles. The zero-order chi connectivity index (χ0) is 13.8. The third-order valence-corrected chi connectivity index (χ3v) is 4.96. The van der Waals surface area contributed by atoms with Gasteiger partial charge in [0, 0.05) is 16.9 Å². The molecule has 0 spiro atoms. The number of amides is 1. The summed E-state index contributed by atoms with van der Waals surface area (Å²) in [5, 5.41) is 3.04. The van der Waals surface area contributed by atoms with Gasteiger partial charge in [-0.15, -0.1) is 11.6 Å². The minimum Gasteiger partial charge on any atom is -0.352 e. The van der Waals surface area contributed by atoms with Gasteiger partial charge < -0.3 is 5.32 Å². The molecule has 0 saturated heterocycles. The fourth-order valence-corrected chi connectivity index (χ4v) is 3.79. The van der Waals surface area contributed by atoms with Crippen molar-refractivity contribution in [3.63, 3.8) is 0 Å². The molecule has 1 saturated carbocycles. The maximum absolute atomic E-state index is 12.2. The Bertz CT molecular complexity index is 463. The van der Waals surface area contributed by atoms with Gasteiger partial charge in [0.05, 0.1) is 5.56 Å². The molecule has 1 aromatic rings. The van der Waals surface area contributed by atoms with Crippen LogP contribution in [0, 0.1) is 18.8 Å². The third-order valence-electron chi connectivity index (χ3n) is 3.91. The highest BCUT2D eigenvalue weighted by atomic mass is 79.9. The molecule has 2 unspecified atom stereocenters. The van der Waals surface area contributed by atoms with Crippen LogP contribution in [0.3, 0.4) is 0 Å². The van der Waals surface area contributed by atoms with E-state index in [0.717, 1.165) is 16.6 Å². The van der Waals surface area contributed by atoms with Crippen LogP contribution in [-0.2, 0) is 0 Å². The third kappa shape index (κ3) is 3.73. The summed E-state index contributed by atoms with van der Waals surface area (Å²) < 4.78 is 0.852. The van der Waals surface area contributed by atoms with E-state index in [4.69, 9.17) is 11.6 Å². The van der Waals surface area contributed by atoms with Crippen LogP contribution in [0.2, 0.25) is 0 Å². The number of nitrogens with one attached hydrogen (secondary N) is 1. The molecular weight excluding hydrogens is 326 g/mol. The molecule has 2 rings (SSSR count). The SMILES string of the molecule is Cc1ccc(C(=O)NCC2CCCC2CCl)c(Br)c1. The average Bonchev–Trinajstić information content (AvgIpc) is 2.83. The van der Waals surface area contributed by atoms with Crippen molar-refractivity contribution in [2.75, 3.05) is 12.4 Å². The first-order valence-electron chi connectivity index (χ1n) is 6.72. The Kier molecular flexibility index (Phi) is 5.28. The Balaban J connectivity index is 1.94. The predicted molar refractivity (Wildman–Crippen MR) is 82.8 cm³/mol. The highest BCUT2D eigenvalue weighted by Gasteiger charge is 2.26. The highest BCUT2D eigenvalue weighted by molar-refractivity contribution is 9.10. The number of rotatable bonds is 4. The van der Waals surface area contributed by atoms with E-state index in [2.05, 4.69) is 21.2 Å². The van der Waals surface area contributed by atoms with Gasteiger partial charge >= 0.3 is 0 Å². The zero-order valence-corrected chi connectivity index (χ0v) is 13.4. The zero-order valence-electron chi connectivity index (χ0n) is 11.1. The molecule has 0 aromatic heterocycles. The lowest BCUT2D eigenvalue weighted by Crippen LogP contribution is -2.31. The monoisotopic (exact) mass is 343 g/mol.